The van der Waals surface area contributed by atoms with Crippen LogP contribution < -0.4 is 5.69 Å². The van der Waals surface area contributed by atoms with Crippen LogP contribution in [-0.2, 0) is 0 Å². The molecule has 1 aromatic heterocycles. The standard InChI is InChI=1S/C8H5N3O3/c12-8-9-4-5-2-1-3-6(11(13)14)7(5)10-8/h1-4H,(H,9,10,12). The molecule has 1 aromatic carbocycles. The van der Waals surface area contributed by atoms with Gasteiger partial charge in [-0.25, -0.2) is 9.78 Å². The first-order chi connectivity index (χ1) is 6.68. The highest BCUT2D eigenvalue weighted by molar-refractivity contribution is 5.85. The molecule has 2 aromatic rings. The number of benzene rings is 1. The molecule has 6 nitrogen and oxygen atoms in total. The van der Waals surface area contributed by atoms with Gasteiger partial charge in [0.1, 0.15) is 5.52 Å². The minimum absolute atomic E-state index is 0.123. The van der Waals surface area contributed by atoms with Crippen molar-refractivity contribution in [2.45, 2.75) is 0 Å². The van der Waals surface area contributed by atoms with Crippen LogP contribution in [-0.4, -0.2) is 14.9 Å². The molecule has 0 spiro atoms. The van der Waals surface area contributed by atoms with Crippen molar-refractivity contribution < 1.29 is 4.92 Å². The van der Waals surface area contributed by atoms with Crippen molar-refractivity contribution in [3.8, 4) is 0 Å². The van der Waals surface area contributed by atoms with E-state index < -0.39 is 10.6 Å². The van der Waals surface area contributed by atoms with Crippen molar-refractivity contribution in [2.24, 2.45) is 0 Å². The Hall–Kier alpha value is -2.24. The molecule has 70 valence electrons. The summed E-state index contributed by atoms with van der Waals surface area (Å²) in [6.07, 6.45) is 1.31. The smallest absolute Gasteiger partial charge is 0.300 e. The fourth-order valence-electron chi connectivity index (χ4n) is 1.22. The van der Waals surface area contributed by atoms with E-state index in [0.717, 1.165) is 0 Å². The van der Waals surface area contributed by atoms with E-state index in [4.69, 9.17) is 0 Å². The second-order valence-electron chi connectivity index (χ2n) is 2.69. The predicted octanol–water partition coefficient (Wildman–Crippen LogP) is 0.831. The normalized spacial score (nSPS) is 10.3. The molecule has 0 saturated heterocycles. The molecular weight excluding hydrogens is 186 g/mol. The van der Waals surface area contributed by atoms with Gasteiger partial charge in [0.25, 0.3) is 5.69 Å². The van der Waals surface area contributed by atoms with Gasteiger partial charge in [-0.2, -0.15) is 0 Å². The Labute approximate surface area is 77.4 Å². The van der Waals surface area contributed by atoms with Crippen molar-refractivity contribution in [3.63, 3.8) is 0 Å². The van der Waals surface area contributed by atoms with Gasteiger partial charge >= 0.3 is 5.69 Å². The lowest BCUT2D eigenvalue weighted by Gasteiger charge is -1.96. The molecule has 2 rings (SSSR count). The number of fused-ring (bicyclic) bond motifs is 1. The molecule has 0 unspecified atom stereocenters. The number of hydrogen-bond donors (Lipinski definition) is 1. The predicted molar refractivity (Wildman–Crippen MR) is 49.0 cm³/mol. The van der Waals surface area contributed by atoms with Crippen molar-refractivity contribution >= 4 is 16.6 Å². The SMILES string of the molecule is O=c1ncc2cccc([N+](=O)[O-])c2[nH]1. The van der Waals surface area contributed by atoms with E-state index in [1.54, 1.807) is 12.1 Å². The van der Waals surface area contributed by atoms with E-state index in [0.29, 0.717) is 5.39 Å². The van der Waals surface area contributed by atoms with Crippen LogP contribution >= 0.6 is 0 Å². The Bertz CT molecular complexity index is 561. The molecule has 0 fully saturated rings. The summed E-state index contributed by atoms with van der Waals surface area (Å²) in [5.74, 6) is 0. The third-order valence-electron chi connectivity index (χ3n) is 1.82. The topological polar surface area (TPSA) is 88.9 Å². The summed E-state index contributed by atoms with van der Waals surface area (Å²) >= 11 is 0. The van der Waals surface area contributed by atoms with Gasteiger partial charge in [0, 0.05) is 17.6 Å². The van der Waals surface area contributed by atoms with E-state index in [1.807, 2.05) is 0 Å². The van der Waals surface area contributed by atoms with Crippen LogP contribution in [0.3, 0.4) is 0 Å². The molecule has 0 atom stereocenters. The van der Waals surface area contributed by atoms with Gasteiger partial charge in [0.2, 0.25) is 0 Å². The minimum atomic E-state index is -0.591. The van der Waals surface area contributed by atoms with Gasteiger partial charge < -0.3 is 0 Å². The van der Waals surface area contributed by atoms with Crippen LogP contribution in [0.5, 0.6) is 0 Å². The second kappa shape index (κ2) is 2.91. The summed E-state index contributed by atoms with van der Waals surface area (Å²) in [6.45, 7) is 0. The lowest BCUT2D eigenvalue weighted by Crippen LogP contribution is -2.09. The molecule has 1 heterocycles. The zero-order chi connectivity index (χ0) is 10.1. The van der Waals surface area contributed by atoms with Crippen LogP contribution in [0.4, 0.5) is 5.69 Å². The highest BCUT2D eigenvalue weighted by Gasteiger charge is 2.11. The Morgan fingerprint density at radius 2 is 2.21 bits per heavy atom. The number of aromatic nitrogens is 2. The molecular formula is C8H5N3O3. The highest BCUT2D eigenvalue weighted by Crippen LogP contribution is 2.20. The number of nitrogens with one attached hydrogen (secondary N) is 1. The molecule has 0 amide bonds. The Kier molecular flexibility index (Phi) is 1.74. The van der Waals surface area contributed by atoms with Crippen LogP contribution in [0, 0.1) is 10.1 Å². The maximum atomic E-state index is 10.9. The molecule has 0 aliphatic heterocycles. The van der Waals surface area contributed by atoms with Crippen LogP contribution in [0.1, 0.15) is 0 Å². The third-order valence-corrected chi connectivity index (χ3v) is 1.82. The summed E-state index contributed by atoms with van der Waals surface area (Å²) in [5.41, 5.74) is -0.508. The minimum Gasteiger partial charge on any atom is -0.300 e. The number of para-hydroxylation sites is 1. The third kappa shape index (κ3) is 1.22. The van der Waals surface area contributed by atoms with Crippen molar-refractivity contribution in [1.82, 2.24) is 9.97 Å². The van der Waals surface area contributed by atoms with E-state index in [1.165, 1.54) is 12.3 Å². The number of non-ortho nitro benzene ring substituents is 1. The largest absolute Gasteiger partial charge is 0.345 e. The Morgan fingerprint density at radius 3 is 2.93 bits per heavy atom. The lowest BCUT2D eigenvalue weighted by molar-refractivity contribution is -0.383. The number of aromatic amines is 1. The molecule has 1 N–H and O–H groups in total. The lowest BCUT2D eigenvalue weighted by atomic mass is 10.2. The zero-order valence-corrected chi connectivity index (χ0v) is 6.93. The number of nitro benzene ring substituents is 1. The van der Waals surface area contributed by atoms with Gasteiger partial charge in [-0.1, -0.05) is 12.1 Å². The Morgan fingerprint density at radius 1 is 1.43 bits per heavy atom. The zero-order valence-electron chi connectivity index (χ0n) is 6.93. The van der Waals surface area contributed by atoms with Gasteiger partial charge in [-0.3, -0.25) is 15.1 Å². The fraction of sp³-hybridized carbons (Fsp3) is 0. The number of H-pyrrole nitrogens is 1. The van der Waals surface area contributed by atoms with Crippen LogP contribution in [0.25, 0.3) is 10.9 Å². The number of nitro groups is 1. The molecule has 14 heavy (non-hydrogen) atoms. The van der Waals surface area contributed by atoms with Gasteiger partial charge in [0.15, 0.2) is 0 Å². The highest BCUT2D eigenvalue weighted by atomic mass is 16.6. The van der Waals surface area contributed by atoms with Crippen molar-refractivity contribution in [1.29, 1.82) is 0 Å². The van der Waals surface area contributed by atoms with E-state index in [2.05, 4.69) is 9.97 Å². The first-order valence-electron chi connectivity index (χ1n) is 3.81. The quantitative estimate of drug-likeness (QED) is 0.534. The maximum Gasteiger partial charge on any atom is 0.345 e. The van der Waals surface area contributed by atoms with Gasteiger partial charge in [-0.15, -0.1) is 0 Å². The van der Waals surface area contributed by atoms with Crippen LogP contribution in [0.2, 0.25) is 0 Å². The monoisotopic (exact) mass is 191 g/mol. The maximum absolute atomic E-state index is 10.9. The summed E-state index contributed by atoms with van der Waals surface area (Å²) in [5, 5.41) is 11.1. The van der Waals surface area contributed by atoms with Crippen molar-refractivity contribution in [3.05, 3.63) is 45.0 Å². The van der Waals surface area contributed by atoms with E-state index in [9.17, 15) is 14.9 Å². The molecule has 0 radical (unpaired) electrons. The number of rotatable bonds is 1. The van der Waals surface area contributed by atoms with E-state index >= 15 is 0 Å². The number of hydrogen-bond acceptors (Lipinski definition) is 4. The molecule has 6 heteroatoms. The first-order valence-corrected chi connectivity index (χ1v) is 3.81. The summed E-state index contributed by atoms with van der Waals surface area (Å²) in [4.78, 5) is 26.7. The van der Waals surface area contributed by atoms with Crippen molar-refractivity contribution in [2.75, 3.05) is 0 Å². The first kappa shape index (κ1) is 8.36. The molecule has 0 aliphatic rings. The summed E-state index contributed by atoms with van der Waals surface area (Å²) < 4.78 is 0. The summed E-state index contributed by atoms with van der Waals surface area (Å²) in [6, 6.07) is 4.52. The average molecular weight is 191 g/mol. The summed E-state index contributed by atoms with van der Waals surface area (Å²) in [7, 11) is 0. The van der Waals surface area contributed by atoms with E-state index in [-0.39, 0.29) is 11.2 Å². The number of nitrogens with zero attached hydrogens (tertiary/aromatic N) is 2. The van der Waals surface area contributed by atoms with Crippen LogP contribution in [0.15, 0.2) is 29.2 Å². The molecule has 0 aliphatic carbocycles. The molecule has 0 bridgehead atoms. The average Bonchev–Trinajstić information content (AvgIpc) is 2.16. The fourth-order valence-corrected chi connectivity index (χ4v) is 1.22. The Balaban J connectivity index is 2.91. The molecule has 0 saturated carbocycles. The van der Waals surface area contributed by atoms with Gasteiger partial charge in [-0.05, 0) is 0 Å². The second-order valence-corrected chi connectivity index (χ2v) is 2.69. The van der Waals surface area contributed by atoms with Gasteiger partial charge in [0.05, 0.1) is 4.92 Å².